The third-order valence-electron chi connectivity index (χ3n) is 5.75. The molecule has 0 N–H and O–H groups in total. The van der Waals surface area contributed by atoms with Crippen LogP contribution in [0.1, 0.15) is 64.7 Å². The van der Waals surface area contributed by atoms with E-state index in [2.05, 4.69) is 115 Å². The van der Waals surface area contributed by atoms with Crippen molar-refractivity contribution in [2.45, 2.75) is 71.7 Å². The third kappa shape index (κ3) is 4.86. The second-order valence-corrected chi connectivity index (χ2v) is 14.7. The van der Waals surface area contributed by atoms with Gasteiger partial charge in [0.05, 0.1) is 6.10 Å². The van der Waals surface area contributed by atoms with Crippen molar-refractivity contribution in [3.8, 4) is 0 Å². The van der Waals surface area contributed by atoms with Crippen molar-refractivity contribution in [3.63, 3.8) is 0 Å². The van der Waals surface area contributed by atoms with Crippen LogP contribution >= 0.6 is 0 Å². The summed E-state index contributed by atoms with van der Waals surface area (Å²) in [6.07, 6.45) is 0.0551. The van der Waals surface area contributed by atoms with Gasteiger partial charge < -0.3 is 4.43 Å². The molecule has 2 rings (SSSR count). The van der Waals surface area contributed by atoms with Gasteiger partial charge in [0.1, 0.15) is 0 Å². The van der Waals surface area contributed by atoms with Crippen LogP contribution in [0.5, 0.6) is 0 Å². The van der Waals surface area contributed by atoms with Crippen LogP contribution in [0.15, 0.2) is 60.7 Å². The van der Waals surface area contributed by atoms with Crippen LogP contribution in [0.3, 0.4) is 0 Å². The zero-order valence-corrected chi connectivity index (χ0v) is 18.8. The molecule has 2 aromatic rings. The molecule has 0 spiro atoms. The minimum Gasteiger partial charge on any atom is -0.409 e. The number of benzene rings is 2. The van der Waals surface area contributed by atoms with Gasteiger partial charge in [-0.15, -0.1) is 0 Å². The van der Waals surface area contributed by atoms with Crippen LogP contribution in [0.2, 0.25) is 18.1 Å². The molecule has 0 saturated carbocycles. The van der Waals surface area contributed by atoms with Gasteiger partial charge >= 0.3 is 0 Å². The van der Waals surface area contributed by atoms with E-state index in [9.17, 15) is 0 Å². The zero-order valence-electron chi connectivity index (χ0n) is 17.8. The zero-order chi connectivity index (χ0) is 19.6. The van der Waals surface area contributed by atoms with Gasteiger partial charge in [0.25, 0.3) is 0 Å². The number of rotatable bonds is 5. The molecular formula is C24H36OSi. The summed E-state index contributed by atoms with van der Waals surface area (Å²) in [4.78, 5) is 0. The van der Waals surface area contributed by atoms with E-state index < -0.39 is 8.32 Å². The summed E-state index contributed by atoms with van der Waals surface area (Å²) < 4.78 is 7.07. The molecule has 2 atom stereocenters. The highest BCUT2D eigenvalue weighted by Gasteiger charge is 2.43. The average molecular weight is 369 g/mol. The molecular weight excluding hydrogens is 332 g/mol. The molecule has 0 aliphatic heterocycles. The maximum Gasteiger partial charge on any atom is 0.192 e. The molecule has 142 valence electrons. The average Bonchev–Trinajstić information content (AvgIpc) is 2.53. The molecule has 0 aliphatic rings. The van der Waals surface area contributed by atoms with Crippen molar-refractivity contribution in [1.82, 2.24) is 0 Å². The van der Waals surface area contributed by atoms with Gasteiger partial charge in [-0.1, -0.05) is 102 Å². The molecule has 0 bridgehead atoms. The van der Waals surface area contributed by atoms with E-state index in [-0.39, 0.29) is 16.6 Å². The largest absolute Gasteiger partial charge is 0.409 e. The summed E-state index contributed by atoms with van der Waals surface area (Å²) in [6, 6.07) is 21.7. The lowest BCUT2D eigenvalue weighted by atomic mass is 9.72. The van der Waals surface area contributed by atoms with E-state index in [1.54, 1.807) is 0 Å². The third-order valence-corrected chi connectivity index (χ3v) is 10.2. The van der Waals surface area contributed by atoms with Gasteiger partial charge in [0.15, 0.2) is 8.32 Å². The van der Waals surface area contributed by atoms with E-state index in [1.807, 2.05) is 0 Å². The summed E-state index contributed by atoms with van der Waals surface area (Å²) in [6.45, 7) is 18.6. The Kier molecular flexibility index (Phi) is 6.19. The Labute approximate surface area is 161 Å². The lowest BCUT2D eigenvalue weighted by Gasteiger charge is -2.45. The first kappa shape index (κ1) is 20.9. The first-order valence-corrected chi connectivity index (χ1v) is 12.6. The van der Waals surface area contributed by atoms with Gasteiger partial charge in [-0.2, -0.15) is 0 Å². The molecule has 0 saturated heterocycles. The fourth-order valence-electron chi connectivity index (χ4n) is 3.25. The quantitative estimate of drug-likeness (QED) is 0.494. The predicted molar refractivity (Wildman–Crippen MR) is 116 cm³/mol. The SMILES string of the molecule is CC(C)(C)C(c1ccccc1)C(O[Si](C)(C)C(C)(C)C)c1ccccc1. The van der Waals surface area contributed by atoms with E-state index in [4.69, 9.17) is 4.43 Å². The maximum atomic E-state index is 7.07. The molecule has 0 fully saturated rings. The van der Waals surface area contributed by atoms with E-state index in [0.29, 0.717) is 5.92 Å². The van der Waals surface area contributed by atoms with Crippen LogP contribution < -0.4 is 0 Å². The van der Waals surface area contributed by atoms with Crippen molar-refractivity contribution in [1.29, 1.82) is 0 Å². The fraction of sp³-hybridized carbons (Fsp3) is 0.500. The summed E-state index contributed by atoms with van der Waals surface area (Å²) in [7, 11) is -1.93. The van der Waals surface area contributed by atoms with Gasteiger partial charge in [-0.05, 0) is 34.7 Å². The molecule has 0 heterocycles. The van der Waals surface area contributed by atoms with Gasteiger partial charge in [-0.3, -0.25) is 0 Å². The summed E-state index contributed by atoms with van der Waals surface area (Å²) >= 11 is 0. The highest BCUT2D eigenvalue weighted by Crippen LogP contribution is 2.49. The molecule has 0 amide bonds. The summed E-state index contributed by atoms with van der Waals surface area (Å²) in [5.74, 6) is 0.292. The Morgan fingerprint density at radius 1 is 0.692 bits per heavy atom. The first-order chi connectivity index (χ1) is 11.9. The molecule has 2 aromatic carbocycles. The van der Waals surface area contributed by atoms with Gasteiger partial charge in [0, 0.05) is 5.92 Å². The topological polar surface area (TPSA) is 9.23 Å². The van der Waals surface area contributed by atoms with Crippen molar-refractivity contribution >= 4 is 8.32 Å². The molecule has 2 heteroatoms. The monoisotopic (exact) mass is 368 g/mol. The molecule has 0 aromatic heterocycles. The Hall–Kier alpha value is -1.38. The van der Waals surface area contributed by atoms with Crippen molar-refractivity contribution in [3.05, 3.63) is 71.8 Å². The van der Waals surface area contributed by atoms with E-state index >= 15 is 0 Å². The first-order valence-electron chi connectivity index (χ1n) is 9.71. The second-order valence-electron chi connectivity index (χ2n) is 9.96. The van der Waals surface area contributed by atoms with Crippen molar-refractivity contribution in [2.75, 3.05) is 0 Å². The normalized spacial score (nSPS) is 15.5. The van der Waals surface area contributed by atoms with Crippen molar-refractivity contribution < 1.29 is 4.43 Å². The molecule has 1 nitrogen and oxygen atoms in total. The Bertz CT molecular complexity index is 678. The lowest BCUT2D eigenvalue weighted by Crippen LogP contribution is -2.44. The van der Waals surface area contributed by atoms with Crippen LogP contribution in [-0.2, 0) is 4.43 Å². The lowest BCUT2D eigenvalue weighted by molar-refractivity contribution is 0.0976. The number of hydrogen-bond acceptors (Lipinski definition) is 1. The molecule has 0 aliphatic carbocycles. The summed E-state index contributed by atoms with van der Waals surface area (Å²) in [5, 5.41) is 0.180. The van der Waals surface area contributed by atoms with Crippen LogP contribution in [0.4, 0.5) is 0 Å². The highest BCUT2D eigenvalue weighted by molar-refractivity contribution is 6.74. The Morgan fingerprint density at radius 2 is 1.12 bits per heavy atom. The summed E-state index contributed by atoms with van der Waals surface area (Å²) in [5.41, 5.74) is 2.72. The van der Waals surface area contributed by atoms with E-state index in [0.717, 1.165) is 0 Å². The maximum absolute atomic E-state index is 7.07. The van der Waals surface area contributed by atoms with Crippen LogP contribution in [-0.4, -0.2) is 8.32 Å². The molecule has 0 radical (unpaired) electrons. The van der Waals surface area contributed by atoms with E-state index in [1.165, 1.54) is 11.1 Å². The number of hydrogen-bond donors (Lipinski definition) is 0. The fourth-order valence-corrected chi connectivity index (χ4v) is 4.52. The molecule has 2 unspecified atom stereocenters. The minimum atomic E-state index is -1.93. The smallest absolute Gasteiger partial charge is 0.192 e. The van der Waals surface area contributed by atoms with Gasteiger partial charge in [-0.25, -0.2) is 0 Å². The standard InChI is InChI=1S/C24H36OSi/c1-23(2,3)21(19-15-11-9-12-16-19)22(20-17-13-10-14-18-20)25-26(7,8)24(4,5)6/h9-18,21-22H,1-8H3. The second kappa shape index (κ2) is 7.70. The molecule has 26 heavy (non-hydrogen) atoms. The Balaban J connectivity index is 2.58. The predicted octanol–water partition coefficient (Wildman–Crippen LogP) is 7.58. The minimum absolute atomic E-state index is 0.0551. The highest BCUT2D eigenvalue weighted by atomic mass is 28.4. The van der Waals surface area contributed by atoms with Crippen molar-refractivity contribution in [2.24, 2.45) is 5.41 Å². The van der Waals surface area contributed by atoms with Crippen LogP contribution in [0.25, 0.3) is 0 Å². The Morgan fingerprint density at radius 3 is 1.50 bits per heavy atom. The van der Waals surface area contributed by atoms with Crippen LogP contribution in [0, 0.1) is 5.41 Å². The van der Waals surface area contributed by atoms with Gasteiger partial charge in [0.2, 0.25) is 0 Å².